The molecule has 4 heteroatoms. The minimum Gasteiger partial charge on any atom is -0.350 e. The number of hydrogen-bond acceptors (Lipinski definition) is 3. The Labute approximate surface area is 146 Å². The summed E-state index contributed by atoms with van der Waals surface area (Å²) in [5, 5.41) is 0.828. The highest BCUT2D eigenvalue weighted by molar-refractivity contribution is 6.19. The first-order valence-corrected chi connectivity index (χ1v) is 8.37. The molecule has 126 valence electrons. The third-order valence-corrected chi connectivity index (χ3v) is 5.10. The smallest absolute Gasteiger partial charge is 0.149 e. The van der Waals surface area contributed by atoms with E-state index in [0.29, 0.717) is 5.52 Å². The lowest BCUT2D eigenvalue weighted by Crippen LogP contribution is -2.44. The number of halogens is 1. The molecule has 1 aliphatic heterocycles. The van der Waals surface area contributed by atoms with Gasteiger partial charge in [-0.2, -0.15) is 0 Å². The Morgan fingerprint density at radius 2 is 1.76 bits per heavy atom. The van der Waals surface area contributed by atoms with Crippen LogP contribution in [-0.2, 0) is 0 Å². The maximum Gasteiger partial charge on any atom is 0.149 e. The molecule has 0 radical (unpaired) electrons. The van der Waals surface area contributed by atoms with Crippen LogP contribution in [0.3, 0.4) is 0 Å². The number of aromatic nitrogens is 1. The second-order valence-electron chi connectivity index (χ2n) is 6.96. The molecule has 0 saturated heterocycles. The van der Waals surface area contributed by atoms with Crippen LogP contribution in [0.15, 0.2) is 53.7 Å². The summed E-state index contributed by atoms with van der Waals surface area (Å²) in [5.41, 5.74) is 5.11. The number of rotatable bonds is 1. The van der Waals surface area contributed by atoms with Crippen LogP contribution in [0.1, 0.15) is 30.5 Å². The summed E-state index contributed by atoms with van der Waals surface area (Å²) in [7, 11) is 2.06. The van der Waals surface area contributed by atoms with Crippen molar-refractivity contribution >= 4 is 22.3 Å². The van der Waals surface area contributed by atoms with E-state index in [1.807, 2.05) is 25.1 Å². The lowest BCUT2D eigenvalue weighted by atomic mass is 9.92. The van der Waals surface area contributed by atoms with Crippen molar-refractivity contribution in [3.8, 4) is 0 Å². The summed E-state index contributed by atoms with van der Waals surface area (Å²) in [4.78, 5) is 11.6. The number of para-hydroxylation sites is 2. The molecule has 0 atom stereocenters. The molecule has 2 aromatic carbocycles. The average molecular weight is 333 g/mol. The van der Waals surface area contributed by atoms with Gasteiger partial charge in [0.15, 0.2) is 0 Å². The van der Waals surface area contributed by atoms with Crippen molar-refractivity contribution in [2.75, 3.05) is 11.9 Å². The fourth-order valence-electron chi connectivity index (χ4n) is 3.43. The summed E-state index contributed by atoms with van der Waals surface area (Å²) in [6, 6.07) is 13.3. The minimum absolute atomic E-state index is 0.293. The molecule has 0 fully saturated rings. The van der Waals surface area contributed by atoms with E-state index in [2.05, 4.69) is 42.9 Å². The number of fused-ring (bicyclic) bond motifs is 2. The van der Waals surface area contributed by atoms with Gasteiger partial charge in [-0.1, -0.05) is 30.3 Å². The van der Waals surface area contributed by atoms with Crippen molar-refractivity contribution in [2.24, 2.45) is 4.99 Å². The van der Waals surface area contributed by atoms with Crippen molar-refractivity contribution in [1.29, 1.82) is 0 Å². The standard InChI is InChI=1S/C21H20FN3/c1-13-14-9-7-10-17(22)20(14)23-12-16(13)19-15-8-5-6-11-18(15)25(4)21(2,3)24-19/h5-12H,1-4H3. The van der Waals surface area contributed by atoms with Crippen molar-refractivity contribution in [1.82, 2.24) is 4.98 Å². The third kappa shape index (κ3) is 2.32. The van der Waals surface area contributed by atoms with Gasteiger partial charge in [-0.3, -0.25) is 9.98 Å². The van der Waals surface area contributed by atoms with Crippen LogP contribution in [0.25, 0.3) is 10.9 Å². The Morgan fingerprint density at radius 3 is 2.56 bits per heavy atom. The van der Waals surface area contributed by atoms with Gasteiger partial charge in [0, 0.05) is 35.4 Å². The zero-order valence-corrected chi connectivity index (χ0v) is 14.8. The molecule has 0 aliphatic carbocycles. The fourth-order valence-corrected chi connectivity index (χ4v) is 3.43. The van der Waals surface area contributed by atoms with E-state index < -0.39 is 0 Å². The predicted octanol–water partition coefficient (Wildman–Crippen LogP) is 4.71. The summed E-state index contributed by atoms with van der Waals surface area (Å²) in [6.45, 7) is 6.19. The van der Waals surface area contributed by atoms with Gasteiger partial charge in [-0.25, -0.2) is 4.39 Å². The highest BCUT2D eigenvalue weighted by Gasteiger charge is 2.32. The molecule has 0 amide bonds. The van der Waals surface area contributed by atoms with Gasteiger partial charge < -0.3 is 4.90 Å². The van der Waals surface area contributed by atoms with Gasteiger partial charge in [0.1, 0.15) is 17.0 Å². The first kappa shape index (κ1) is 15.8. The van der Waals surface area contributed by atoms with Crippen molar-refractivity contribution in [2.45, 2.75) is 26.4 Å². The molecule has 3 nitrogen and oxygen atoms in total. The van der Waals surface area contributed by atoms with Crippen LogP contribution in [0.5, 0.6) is 0 Å². The van der Waals surface area contributed by atoms with E-state index in [-0.39, 0.29) is 11.5 Å². The Balaban J connectivity index is 2.01. The lowest BCUT2D eigenvalue weighted by Gasteiger charge is -2.40. The SMILES string of the molecule is Cc1c(C2=NC(C)(C)N(C)c3ccccc32)cnc2c(F)cccc12. The van der Waals surface area contributed by atoms with Crippen molar-refractivity contribution in [3.05, 3.63) is 71.2 Å². The molecule has 0 unspecified atom stereocenters. The highest BCUT2D eigenvalue weighted by Crippen LogP contribution is 2.35. The number of pyridine rings is 1. The topological polar surface area (TPSA) is 28.5 Å². The normalized spacial score (nSPS) is 15.9. The molecule has 2 heterocycles. The summed E-state index contributed by atoms with van der Waals surface area (Å²) < 4.78 is 14.1. The van der Waals surface area contributed by atoms with Crippen LogP contribution in [0, 0.1) is 12.7 Å². The number of hydrogen-bond donors (Lipinski definition) is 0. The minimum atomic E-state index is -0.368. The Kier molecular flexibility index (Phi) is 3.39. The van der Waals surface area contributed by atoms with E-state index in [0.717, 1.165) is 33.5 Å². The van der Waals surface area contributed by atoms with Gasteiger partial charge in [0.25, 0.3) is 0 Å². The molecule has 4 rings (SSSR count). The highest BCUT2D eigenvalue weighted by atomic mass is 19.1. The van der Waals surface area contributed by atoms with Crippen LogP contribution in [0.2, 0.25) is 0 Å². The second kappa shape index (κ2) is 5.38. The molecule has 0 bridgehead atoms. The molecule has 0 saturated carbocycles. The van der Waals surface area contributed by atoms with E-state index in [1.165, 1.54) is 6.07 Å². The van der Waals surface area contributed by atoms with Gasteiger partial charge >= 0.3 is 0 Å². The molecular formula is C21H20FN3. The number of nitrogens with zero attached hydrogens (tertiary/aromatic N) is 3. The number of anilines is 1. The monoisotopic (exact) mass is 333 g/mol. The second-order valence-corrected chi connectivity index (χ2v) is 6.96. The van der Waals surface area contributed by atoms with Crippen LogP contribution < -0.4 is 4.90 Å². The zero-order valence-electron chi connectivity index (χ0n) is 14.8. The number of benzene rings is 2. The fraction of sp³-hybridized carbons (Fsp3) is 0.238. The maximum atomic E-state index is 14.1. The van der Waals surface area contributed by atoms with E-state index in [9.17, 15) is 4.39 Å². The maximum absolute atomic E-state index is 14.1. The Hall–Kier alpha value is -2.75. The first-order valence-electron chi connectivity index (χ1n) is 8.37. The summed E-state index contributed by atoms with van der Waals surface area (Å²) in [6.07, 6.45) is 1.75. The average Bonchev–Trinajstić information content (AvgIpc) is 2.60. The quantitative estimate of drug-likeness (QED) is 0.645. The van der Waals surface area contributed by atoms with Gasteiger partial charge in [-0.15, -0.1) is 0 Å². The molecule has 25 heavy (non-hydrogen) atoms. The third-order valence-electron chi connectivity index (χ3n) is 5.10. The van der Waals surface area contributed by atoms with Crippen LogP contribution in [0.4, 0.5) is 10.1 Å². The van der Waals surface area contributed by atoms with Gasteiger partial charge in [-0.05, 0) is 38.5 Å². The number of aliphatic imine (C=N–C) groups is 1. The van der Waals surface area contributed by atoms with Crippen molar-refractivity contribution in [3.63, 3.8) is 0 Å². The molecule has 3 aromatic rings. The Morgan fingerprint density at radius 1 is 1.00 bits per heavy atom. The summed E-state index contributed by atoms with van der Waals surface area (Å²) in [5.74, 6) is -0.293. The molecule has 0 N–H and O–H groups in total. The molecule has 0 spiro atoms. The first-order chi connectivity index (χ1) is 11.9. The zero-order chi connectivity index (χ0) is 17.8. The van der Waals surface area contributed by atoms with Gasteiger partial charge in [0.05, 0.1) is 5.71 Å². The van der Waals surface area contributed by atoms with E-state index in [1.54, 1.807) is 12.3 Å². The van der Waals surface area contributed by atoms with E-state index >= 15 is 0 Å². The van der Waals surface area contributed by atoms with Gasteiger partial charge in [0.2, 0.25) is 0 Å². The van der Waals surface area contributed by atoms with E-state index in [4.69, 9.17) is 4.99 Å². The molecule has 1 aromatic heterocycles. The largest absolute Gasteiger partial charge is 0.350 e. The van der Waals surface area contributed by atoms with Crippen LogP contribution in [-0.4, -0.2) is 23.4 Å². The predicted molar refractivity (Wildman–Crippen MR) is 101 cm³/mol. The van der Waals surface area contributed by atoms with Crippen LogP contribution >= 0.6 is 0 Å². The number of aryl methyl sites for hydroxylation is 1. The summed E-state index contributed by atoms with van der Waals surface area (Å²) >= 11 is 0. The Bertz CT molecular complexity index is 1020. The van der Waals surface area contributed by atoms with Crippen molar-refractivity contribution < 1.29 is 4.39 Å². The lowest BCUT2D eigenvalue weighted by molar-refractivity contribution is 0.507. The molecular weight excluding hydrogens is 313 g/mol. The molecule has 1 aliphatic rings.